The topological polar surface area (TPSA) is 38.1 Å². The minimum atomic E-state index is -2.55. The first-order valence-corrected chi connectivity index (χ1v) is 7.06. The highest BCUT2D eigenvalue weighted by Gasteiger charge is 2.17. The van der Waals surface area contributed by atoms with Gasteiger partial charge in [-0.15, -0.1) is 0 Å². The smallest absolute Gasteiger partial charge is 0.137 e. The highest BCUT2D eigenvalue weighted by atomic mass is 79.9. The second-order valence-corrected chi connectivity index (χ2v) is 5.84. The molecule has 1 N–H and O–H groups in total. The molecule has 3 aromatic rings. The van der Waals surface area contributed by atoms with Crippen LogP contribution in [0.3, 0.4) is 0 Å². The standard InChI is InChI=1S/C16H14BrFN2O/c1-16(2,21)10-3-6-15-14(7-10)19-9-20(15)11-4-5-13(18)12(17)8-11/h3-9,21H,1-2H3/i1D3. The van der Waals surface area contributed by atoms with Crippen molar-refractivity contribution >= 4 is 27.0 Å². The lowest BCUT2D eigenvalue weighted by molar-refractivity contribution is 0.0787. The zero-order chi connectivity index (χ0) is 17.7. The lowest BCUT2D eigenvalue weighted by atomic mass is 9.98. The quantitative estimate of drug-likeness (QED) is 0.752. The molecule has 0 aliphatic heterocycles. The third kappa shape index (κ3) is 2.59. The Morgan fingerprint density at radius 1 is 1.33 bits per heavy atom. The Morgan fingerprint density at radius 3 is 2.86 bits per heavy atom. The Kier molecular flexibility index (Phi) is 2.56. The third-order valence-corrected chi connectivity index (χ3v) is 3.90. The first kappa shape index (κ1) is 10.9. The van der Waals surface area contributed by atoms with Crippen LogP contribution in [0.5, 0.6) is 0 Å². The Bertz CT molecular complexity index is 921. The van der Waals surface area contributed by atoms with Gasteiger partial charge in [0.15, 0.2) is 0 Å². The van der Waals surface area contributed by atoms with Gasteiger partial charge in [-0.2, -0.15) is 0 Å². The highest BCUT2D eigenvalue weighted by molar-refractivity contribution is 9.10. The molecule has 0 aliphatic carbocycles. The fraction of sp³-hybridized carbons (Fsp3) is 0.188. The predicted molar refractivity (Wildman–Crippen MR) is 84.0 cm³/mol. The zero-order valence-corrected chi connectivity index (χ0v) is 12.7. The average Bonchev–Trinajstić information content (AvgIpc) is 2.92. The van der Waals surface area contributed by atoms with E-state index in [1.807, 2.05) is 0 Å². The van der Waals surface area contributed by atoms with E-state index in [0.29, 0.717) is 15.7 Å². The van der Waals surface area contributed by atoms with Crippen LogP contribution in [0.15, 0.2) is 47.2 Å². The second kappa shape index (κ2) is 4.93. The van der Waals surface area contributed by atoms with Gasteiger partial charge in [-0.1, -0.05) is 6.07 Å². The number of aromatic nitrogens is 2. The van der Waals surface area contributed by atoms with Crippen LogP contribution in [-0.2, 0) is 5.60 Å². The molecule has 1 unspecified atom stereocenters. The highest BCUT2D eigenvalue weighted by Crippen LogP contribution is 2.26. The lowest BCUT2D eigenvalue weighted by Crippen LogP contribution is -2.15. The fourth-order valence-electron chi connectivity index (χ4n) is 2.16. The molecule has 0 spiro atoms. The molecule has 1 aromatic heterocycles. The molecule has 1 atom stereocenters. The van der Waals surface area contributed by atoms with E-state index in [-0.39, 0.29) is 11.4 Å². The van der Waals surface area contributed by atoms with Crippen molar-refractivity contribution in [1.82, 2.24) is 9.55 Å². The summed E-state index contributed by atoms with van der Waals surface area (Å²) >= 11 is 3.15. The Morgan fingerprint density at radius 2 is 2.14 bits per heavy atom. The van der Waals surface area contributed by atoms with Gasteiger partial charge in [0.25, 0.3) is 0 Å². The minimum Gasteiger partial charge on any atom is -0.386 e. The van der Waals surface area contributed by atoms with Gasteiger partial charge in [-0.05, 0) is 65.6 Å². The van der Waals surface area contributed by atoms with Crippen molar-refractivity contribution in [2.45, 2.75) is 19.4 Å². The number of imidazole rings is 1. The lowest BCUT2D eigenvalue weighted by Gasteiger charge is -2.17. The van der Waals surface area contributed by atoms with E-state index in [1.165, 1.54) is 13.0 Å². The first-order chi connectivity index (χ1) is 11.1. The monoisotopic (exact) mass is 351 g/mol. The summed E-state index contributed by atoms with van der Waals surface area (Å²) in [5.41, 5.74) is 0.266. The fourth-order valence-corrected chi connectivity index (χ4v) is 2.52. The molecule has 0 aliphatic rings. The zero-order valence-electron chi connectivity index (χ0n) is 14.1. The summed E-state index contributed by atoms with van der Waals surface area (Å²) < 4.78 is 37.9. The van der Waals surface area contributed by atoms with Crippen molar-refractivity contribution in [2.24, 2.45) is 0 Å². The van der Waals surface area contributed by atoms with Crippen molar-refractivity contribution < 1.29 is 13.6 Å². The van der Waals surface area contributed by atoms with Crippen LogP contribution in [0.1, 0.15) is 23.5 Å². The summed E-state index contributed by atoms with van der Waals surface area (Å²) in [4.78, 5) is 4.26. The van der Waals surface area contributed by atoms with Crippen LogP contribution in [0, 0.1) is 5.82 Å². The maximum absolute atomic E-state index is 13.4. The van der Waals surface area contributed by atoms with E-state index in [4.69, 9.17) is 4.11 Å². The number of hydrogen-bond donors (Lipinski definition) is 1. The Hall–Kier alpha value is -1.72. The van der Waals surface area contributed by atoms with Crippen LogP contribution >= 0.6 is 15.9 Å². The van der Waals surface area contributed by atoms with Crippen LogP contribution in [0.4, 0.5) is 4.39 Å². The number of nitrogens with zero attached hydrogens (tertiary/aromatic N) is 2. The number of aliphatic hydroxyl groups is 1. The summed E-state index contributed by atoms with van der Waals surface area (Å²) in [7, 11) is 0. The molecule has 0 saturated carbocycles. The Labute approximate surface area is 134 Å². The maximum atomic E-state index is 13.4. The van der Waals surface area contributed by atoms with Gasteiger partial charge in [-0.25, -0.2) is 9.37 Å². The van der Waals surface area contributed by atoms with Crippen LogP contribution < -0.4 is 0 Å². The normalized spacial score (nSPS) is 17.0. The number of hydrogen-bond acceptors (Lipinski definition) is 2. The molecule has 0 amide bonds. The third-order valence-electron chi connectivity index (χ3n) is 3.29. The molecule has 5 heteroatoms. The average molecular weight is 352 g/mol. The molecule has 0 fully saturated rings. The molecule has 0 radical (unpaired) electrons. The molecule has 21 heavy (non-hydrogen) atoms. The van der Waals surface area contributed by atoms with Gasteiger partial charge in [-0.3, -0.25) is 4.57 Å². The summed E-state index contributed by atoms with van der Waals surface area (Å²) in [6.07, 6.45) is 1.57. The van der Waals surface area contributed by atoms with Crippen molar-refractivity contribution in [1.29, 1.82) is 0 Å². The van der Waals surface area contributed by atoms with Crippen LogP contribution in [-0.4, -0.2) is 14.7 Å². The van der Waals surface area contributed by atoms with Gasteiger partial charge in [0.05, 0.1) is 21.1 Å². The molecule has 0 saturated heterocycles. The number of rotatable bonds is 2. The molecular formula is C16H14BrFN2O. The summed E-state index contributed by atoms with van der Waals surface area (Å²) in [5.74, 6) is -0.362. The van der Waals surface area contributed by atoms with Gasteiger partial charge in [0.2, 0.25) is 0 Å². The number of halogens is 2. The van der Waals surface area contributed by atoms with E-state index in [9.17, 15) is 9.50 Å². The molecule has 3 nitrogen and oxygen atoms in total. The molecule has 2 aromatic carbocycles. The maximum Gasteiger partial charge on any atom is 0.137 e. The van der Waals surface area contributed by atoms with Crippen molar-refractivity contribution in [3.63, 3.8) is 0 Å². The predicted octanol–water partition coefficient (Wildman–Crippen LogP) is 4.15. The van der Waals surface area contributed by atoms with Gasteiger partial charge in [0, 0.05) is 9.80 Å². The first-order valence-electron chi connectivity index (χ1n) is 7.76. The van der Waals surface area contributed by atoms with E-state index in [2.05, 4.69) is 20.9 Å². The van der Waals surface area contributed by atoms with Gasteiger partial charge in [0.1, 0.15) is 12.1 Å². The number of benzene rings is 2. The van der Waals surface area contributed by atoms with Crippen molar-refractivity contribution in [3.05, 3.63) is 58.6 Å². The van der Waals surface area contributed by atoms with Gasteiger partial charge >= 0.3 is 0 Å². The largest absolute Gasteiger partial charge is 0.386 e. The summed E-state index contributed by atoms with van der Waals surface area (Å²) in [6, 6.07) is 9.40. The van der Waals surface area contributed by atoms with Crippen molar-refractivity contribution in [2.75, 3.05) is 0 Å². The Balaban J connectivity index is 2.11. The molecule has 3 rings (SSSR count). The van der Waals surface area contributed by atoms with Gasteiger partial charge < -0.3 is 5.11 Å². The summed E-state index contributed by atoms with van der Waals surface area (Å²) in [5, 5.41) is 10.3. The van der Waals surface area contributed by atoms with E-state index >= 15 is 0 Å². The molecule has 108 valence electrons. The van der Waals surface area contributed by atoms with E-state index < -0.39 is 12.5 Å². The van der Waals surface area contributed by atoms with Crippen molar-refractivity contribution in [3.8, 4) is 5.69 Å². The SMILES string of the molecule is [2H]C([2H])([2H])C(C)(O)c1ccc2c(c1)ncn2-c1ccc(F)c(Br)c1. The molecule has 1 heterocycles. The number of fused-ring (bicyclic) bond motifs is 1. The molecule has 0 bridgehead atoms. The van der Waals surface area contributed by atoms with E-state index in [1.54, 1.807) is 41.2 Å². The van der Waals surface area contributed by atoms with E-state index in [0.717, 1.165) is 5.52 Å². The van der Waals surface area contributed by atoms with Crippen LogP contribution in [0.25, 0.3) is 16.7 Å². The second-order valence-electron chi connectivity index (χ2n) is 4.99. The van der Waals surface area contributed by atoms with Crippen LogP contribution in [0.2, 0.25) is 0 Å². The minimum absolute atomic E-state index is 0.264. The molecular weight excluding hydrogens is 335 g/mol. The summed E-state index contributed by atoms with van der Waals surface area (Å²) in [6.45, 7) is -1.29.